The van der Waals surface area contributed by atoms with Crippen molar-refractivity contribution in [2.75, 3.05) is 18.4 Å². The molecule has 0 radical (unpaired) electrons. The zero-order valence-corrected chi connectivity index (χ0v) is 17.8. The van der Waals surface area contributed by atoms with Crippen LogP contribution in [0.3, 0.4) is 0 Å². The van der Waals surface area contributed by atoms with Crippen LogP contribution in [0.1, 0.15) is 43.6 Å². The largest absolute Gasteiger partial charge is 0.489 e. The predicted octanol–water partition coefficient (Wildman–Crippen LogP) is 4.07. The van der Waals surface area contributed by atoms with Gasteiger partial charge in [0.05, 0.1) is 16.7 Å². The zero-order valence-electron chi connectivity index (χ0n) is 17.0. The molecule has 0 spiro atoms. The third kappa shape index (κ3) is 4.91. The number of para-hydroxylation sites is 2. The predicted molar refractivity (Wildman–Crippen MR) is 111 cm³/mol. The molecule has 2 aromatic rings. The lowest BCUT2D eigenvalue weighted by molar-refractivity contribution is 0.102. The molecule has 28 heavy (non-hydrogen) atoms. The van der Waals surface area contributed by atoms with Crippen LogP contribution in [0.25, 0.3) is 0 Å². The van der Waals surface area contributed by atoms with E-state index in [0.29, 0.717) is 30.1 Å². The number of benzene rings is 2. The van der Waals surface area contributed by atoms with Crippen LogP contribution in [0.15, 0.2) is 47.4 Å². The summed E-state index contributed by atoms with van der Waals surface area (Å²) in [6, 6.07) is 11.9. The molecule has 0 heterocycles. The SMILES string of the molecule is CCN(CC)S(=O)(=O)c1cc(C(=O)Nc2ccccc2OC(C)C)ccc1C. The molecule has 152 valence electrons. The van der Waals surface area contributed by atoms with Gasteiger partial charge in [0.25, 0.3) is 5.91 Å². The van der Waals surface area contributed by atoms with E-state index in [-0.39, 0.29) is 16.6 Å². The lowest BCUT2D eigenvalue weighted by Crippen LogP contribution is -2.31. The van der Waals surface area contributed by atoms with Crippen LogP contribution in [0.2, 0.25) is 0 Å². The highest BCUT2D eigenvalue weighted by atomic mass is 32.2. The Labute approximate surface area is 167 Å². The van der Waals surface area contributed by atoms with Gasteiger partial charge < -0.3 is 10.1 Å². The molecule has 2 rings (SSSR count). The maximum atomic E-state index is 12.9. The number of aryl methyl sites for hydroxylation is 1. The first-order chi connectivity index (χ1) is 13.2. The highest BCUT2D eigenvalue weighted by Crippen LogP contribution is 2.26. The molecule has 0 aliphatic carbocycles. The van der Waals surface area contributed by atoms with E-state index in [1.54, 1.807) is 51.1 Å². The minimum absolute atomic E-state index is 0.0387. The van der Waals surface area contributed by atoms with Gasteiger partial charge in [-0.25, -0.2) is 8.42 Å². The molecular formula is C21H28N2O4S. The van der Waals surface area contributed by atoms with Gasteiger partial charge in [0, 0.05) is 18.7 Å². The number of amides is 1. The molecule has 6 nitrogen and oxygen atoms in total. The Kier molecular flexibility index (Phi) is 7.21. The van der Waals surface area contributed by atoms with Crippen molar-refractivity contribution < 1.29 is 17.9 Å². The van der Waals surface area contributed by atoms with Crippen molar-refractivity contribution in [3.8, 4) is 5.75 Å². The molecule has 0 aliphatic heterocycles. The molecule has 1 amide bonds. The zero-order chi connectivity index (χ0) is 20.9. The van der Waals surface area contributed by atoms with E-state index in [9.17, 15) is 13.2 Å². The summed E-state index contributed by atoms with van der Waals surface area (Å²) in [6.45, 7) is 9.86. The van der Waals surface area contributed by atoms with E-state index >= 15 is 0 Å². The molecule has 2 aromatic carbocycles. The third-order valence-corrected chi connectivity index (χ3v) is 6.46. The number of hydrogen-bond acceptors (Lipinski definition) is 4. The monoisotopic (exact) mass is 404 g/mol. The Balaban J connectivity index is 2.36. The Morgan fingerprint density at radius 3 is 2.36 bits per heavy atom. The van der Waals surface area contributed by atoms with Crippen molar-refractivity contribution in [2.45, 2.75) is 45.6 Å². The standard InChI is InChI=1S/C21H28N2O4S/c1-6-23(7-2)28(25,26)20-14-17(13-12-16(20)5)21(24)22-18-10-8-9-11-19(18)27-15(3)4/h8-15H,6-7H2,1-5H3,(H,22,24). The maximum Gasteiger partial charge on any atom is 0.255 e. The number of carbonyl (C=O) groups is 1. The molecular weight excluding hydrogens is 376 g/mol. The van der Waals surface area contributed by atoms with Crippen LogP contribution in [-0.2, 0) is 10.0 Å². The van der Waals surface area contributed by atoms with Crippen LogP contribution in [-0.4, -0.2) is 37.8 Å². The van der Waals surface area contributed by atoms with Crippen LogP contribution in [0.5, 0.6) is 5.75 Å². The molecule has 1 N–H and O–H groups in total. The minimum Gasteiger partial charge on any atom is -0.489 e. The second-order valence-electron chi connectivity index (χ2n) is 6.69. The van der Waals surface area contributed by atoms with Crippen LogP contribution < -0.4 is 10.1 Å². The topological polar surface area (TPSA) is 75.7 Å². The van der Waals surface area contributed by atoms with E-state index in [1.807, 2.05) is 19.9 Å². The Morgan fingerprint density at radius 2 is 1.75 bits per heavy atom. The van der Waals surface area contributed by atoms with Gasteiger partial charge >= 0.3 is 0 Å². The van der Waals surface area contributed by atoms with Gasteiger partial charge in [0.15, 0.2) is 0 Å². The number of ether oxygens (including phenoxy) is 1. The fourth-order valence-electron chi connectivity index (χ4n) is 2.84. The summed E-state index contributed by atoms with van der Waals surface area (Å²) in [6.07, 6.45) is -0.0387. The minimum atomic E-state index is -3.66. The van der Waals surface area contributed by atoms with E-state index < -0.39 is 15.9 Å². The first kappa shape index (κ1) is 21.9. The molecule has 0 unspecified atom stereocenters. The smallest absolute Gasteiger partial charge is 0.255 e. The third-order valence-electron chi connectivity index (χ3n) is 4.27. The molecule has 0 aliphatic rings. The molecule has 0 saturated carbocycles. The average Bonchev–Trinajstić information content (AvgIpc) is 2.63. The van der Waals surface area contributed by atoms with Gasteiger partial charge in [-0.1, -0.05) is 32.0 Å². The van der Waals surface area contributed by atoms with Gasteiger partial charge in [-0.3, -0.25) is 4.79 Å². The van der Waals surface area contributed by atoms with E-state index in [4.69, 9.17) is 4.74 Å². The van der Waals surface area contributed by atoms with Crippen molar-refractivity contribution in [2.24, 2.45) is 0 Å². The second-order valence-corrected chi connectivity index (χ2v) is 8.59. The summed E-state index contributed by atoms with van der Waals surface area (Å²) in [5.41, 5.74) is 1.41. The van der Waals surface area contributed by atoms with Crippen LogP contribution in [0, 0.1) is 6.92 Å². The number of anilines is 1. The Morgan fingerprint density at radius 1 is 1.11 bits per heavy atom. The van der Waals surface area contributed by atoms with Crippen molar-refractivity contribution >= 4 is 21.6 Å². The van der Waals surface area contributed by atoms with Crippen molar-refractivity contribution in [1.82, 2.24) is 4.31 Å². The number of rotatable bonds is 8. The number of hydrogen-bond donors (Lipinski definition) is 1. The fourth-order valence-corrected chi connectivity index (χ4v) is 4.55. The summed E-state index contributed by atoms with van der Waals surface area (Å²) < 4.78 is 32.9. The van der Waals surface area contributed by atoms with E-state index in [1.165, 1.54) is 10.4 Å². The normalized spacial score (nSPS) is 11.7. The number of nitrogens with zero attached hydrogens (tertiary/aromatic N) is 1. The molecule has 0 saturated heterocycles. The second kappa shape index (κ2) is 9.21. The lowest BCUT2D eigenvalue weighted by atomic mass is 10.1. The number of carbonyl (C=O) groups excluding carboxylic acids is 1. The molecule has 0 aromatic heterocycles. The first-order valence-electron chi connectivity index (χ1n) is 9.38. The van der Waals surface area contributed by atoms with E-state index in [2.05, 4.69) is 5.32 Å². The number of sulfonamides is 1. The van der Waals surface area contributed by atoms with Crippen molar-refractivity contribution in [3.05, 3.63) is 53.6 Å². The molecule has 0 atom stereocenters. The number of nitrogens with one attached hydrogen (secondary N) is 1. The summed E-state index contributed by atoms with van der Waals surface area (Å²) in [7, 11) is -3.66. The van der Waals surface area contributed by atoms with Crippen molar-refractivity contribution in [3.63, 3.8) is 0 Å². The summed E-state index contributed by atoms with van der Waals surface area (Å²) in [5, 5.41) is 2.82. The quantitative estimate of drug-likeness (QED) is 0.720. The van der Waals surface area contributed by atoms with Gasteiger partial charge in [-0.2, -0.15) is 4.31 Å². The molecule has 0 bridgehead atoms. The van der Waals surface area contributed by atoms with E-state index in [0.717, 1.165) is 0 Å². The fraction of sp³-hybridized carbons (Fsp3) is 0.381. The Bertz CT molecular complexity index is 935. The lowest BCUT2D eigenvalue weighted by Gasteiger charge is -2.20. The van der Waals surface area contributed by atoms with Gasteiger partial charge in [-0.15, -0.1) is 0 Å². The van der Waals surface area contributed by atoms with Crippen molar-refractivity contribution in [1.29, 1.82) is 0 Å². The molecule has 7 heteroatoms. The van der Waals surface area contributed by atoms with Gasteiger partial charge in [0.2, 0.25) is 10.0 Å². The Hall–Kier alpha value is -2.38. The van der Waals surface area contributed by atoms with Crippen LogP contribution >= 0.6 is 0 Å². The highest BCUT2D eigenvalue weighted by Gasteiger charge is 2.25. The summed E-state index contributed by atoms with van der Waals surface area (Å²) >= 11 is 0. The van der Waals surface area contributed by atoms with Crippen LogP contribution in [0.4, 0.5) is 5.69 Å². The average molecular weight is 405 g/mol. The summed E-state index contributed by atoms with van der Waals surface area (Å²) in [5.74, 6) is 0.171. The molecule has 0 fully saturated rings. The van der Waals surface area contributed by atoms with Gasteiger partial charge in [-0.05, 0) is 50.6 Å². The maximum absolute atomic E-state index is 12.9. The highest BCUT2D eigenvalue weighted by molar-refractivity contribution is 7.89. The summed E-state index contributed by atoms with van der Waals surface area (Å²) in [4.78, 5) is 12.9. The van der Waals surface area contributed by atoms with Gasteiger partial charge in [0.1, 0.15) is 5.75 Å². The first-order valence-corrected chi connectivity index (χ1v) is 10.8.